The molecule has 4 rings (SSSR count). The molecule has 9 nitrogen and oxygen atoms in total. The molecular formula is C23H24N6O3S. The second-order valence-corrected chi connectivity index (χ2v) is 8.14. The molecule has 0 saturated carbocycles. The van der Waals surface area contributed by atoms with Gasteiger partial charge < -0.3 is 20.1 Å². The van der Waals surface area contributed by atoms with Crippen molar-refractivity contribution in [2.45, 2.75) is 30.2 Å². The molecule has 0 bridgehead atoms. The molecule has 0 aliphatic heterocycles. The molecule has 0 atom stereocenters. The average molecular weight is 465 g/mol. The maximum atomic E-state index is 12.4. The molecule has 170 valence electrons. The lowest BCUT2D eigenvalue weighted by molar-refractivity contribution is 0.262. The first-order valence-corrected chi connectivity index (χ1v) is 11.1. The minimum atomic E-state index is -0.357. The van der Waals surface area contributed by atoms with E-state index in [0.717, 1.165) is 27.6 Å². The van der Waals surface area contributed by atoms with Gasteiger partial charge in [-0.1, -0.05) is 18.7 Å². The number of fused-ring (bicyclic) bond motifs is 1. The summed E-state index contributed by atoms with van der Waals surface area (Å²) in [6, 6.07) is 12.4. The van der Waals surface area contributed by atoms with Crippen LogP contribution in [0, 0.1) is 6.92 Å². The fourth-order valence-electron chi connectivity index (χ4n) is 3.39. The van der Waals surface area contributed by atoms with E-state index in [1.165, 1.54) is 6.33 Å². The number of amides is 2. The molecule has 10 heteroatoms. The number of anilines is 2. The number of nitrogens with zero attached hydrogens (tertiary/aromatic N) is 4. The van der Waals surface area contributed by atoms with Crippen molar-refractivity contribution in [1.29, 1.82) is 0 Å². The third kappa shape index (κ3) is 4.85. The first kappa shape index (κ1) is 22.4. The molecular weight excluding hydrogens is 440 g/mol. The zero-order valence-corrected chi connectivity index (χ0v) is 19.6. The summed E-state index contributed by atoms with van der Waals surface area (Å²) in [5.74, 6) is 1.71. The summed E-state index contributed by atoms with van der Waals surface area (Å²) in [5.41, 5.74) is 3.35. The molecule has 0 radical (unpaired) electrons. The molecule has 2 amide bonds. The molecule has 0 spiro atoms. The number of hydrogen-bond donors (Lipinski definition) is 2. The average Bonchev–Trinajstić information content (AvgIpc) is 3.28. The van der Waals surface area contributed by atoms with Crippen LogP contribution in [0.15, 0.2) is 58.7 Å². The Kier molecular flexibility index (Phi) is 6.64. The van der Waals surface area contributed by atoms with Gasteiger partial charge in [0.15, 0.2) is 11.5 Å². The van der Waals surface area contributed by atoms with E-state index >= 15 is 0 Å². The molecule has 0 saturated heterocycles. The Hall–Kier alpha value is -3.79. The van der Waals surface area contributed by atoms with Crippen molar-refractivity contribution in [1.82, 2.24) is 19.6 Å². The van der Waals surface area contributed by atoms with E-state index in [1.54, 1.807) is 48.7 Å². The van der Waals surface area contributed by atoms with Gasteiger partial charge in [-0.15, -0.1) is 0 Å². The summed E-state index contributed by atoms with van der Waals surface area (Å²) in [6.45, 7) is 4.09. The molecule has 0 aliphatic rings. The fraction of sp³-hybridized carbons (Fsp3) is 0.217. The summed E-state index contributed by atoms with van der Waals surface area (Å²) in [6.07, 6.45) is 2.35. The fourth-order valence-corrected chi connectivity index (χ4v) is 4.52. The first-order valence-electron chi connectivity index (χ1n) is 10.3. The lowest BCUT2D eigenvalue weighted by Crippen LogP contribution is -2.19. The zero-order valence-electron chi connectivity index (χ0n) is 18.7. The Morgan fingerprint density at radius 2 is 1.73 bits per heavy atom. The Morgan fingerprint density at radius 3 is 2.42 bits per heavy atom. The van der Waals surface area contributed by atoms with Crippen LogP contribution in [0.5, 0.6) is 11.5 Å². The normalized spacial score (nSPS) is 10.8. The highest BCUT2D eigenvalue weighted by atomic mass is 32.2. The van der Waals surface area contributed by atoms with Gasteiger partial charge in [-0.3, -0.25) is 0 Å². The second kappa shape index (κ2) is 9.78. The molecule has 2 aromatic heterocycles. The largest absolute Gasteiger partial charge is 0.493 e. The van der Waals surface area contributed by atoms with Crippen LogP contribution in [0.2, 0.25) is 0 Å². The van der Waals surface area contributed by atoms with Gasteiger partial charge in [0.25, 0.3) is 5.78 Å². The number of carbonyl (C=O) groups excluding carboxylic acids is 1. The number of methoxy groups -OCH3 is 2. The molecule has 0 fully saturated rings. The number of benzene rings is 2. The van der Waals surface area contributed by atoms with Crippen molar-refractivity contribution >= 4 is 34.9 Å². The van der Waals surface area contributed by atoms with Gasteiger partial charge in [0.05, 0.1) is 14.2 Å². The van der Waals surface area contributed by atoms with Crippen LogP contribution in [0.25, 0.3) is 5.78 Å². The van der Waals surface area contributed by atoms with Gasteiger partial charge in [0.1, 0.15) is 11.4 Å². The van der Waals surface area contributed by atoms with Crippen LogP contribution < -0.4 is 20.1 Å². The van der Waals surface area contributed by atoms with Gasteiger partial charge in [-0.2, -0.15) is 14.6 Å². The van der Waals surface area contributed by atoms with Crippen molar-refractivity contribution in [3.05, 3.63) is 60.0 Å². The van der Waals surface area contributed by atoms with Crippen molar-refractivity contribution in [3.8, 4) is 11.5 Å². The van der Waals surface area contributed by atoms with E-state index < -0.39 is 0 Å². The Labute approximate surface area is 195 Å². The van der Waals surface area contributed by atoms with Crippen LogP contribution in [-0.4, -0.2) is 39.8 Å². The second-order valence-electron chi connectivity index (χ2n) is 7.08. The van der Waals surface area contributed by atoms with Gasteiger partial charge >= 0.3 is 6.03 Å². The Bertz CT molecular complexity index is 1290. The lowest BCUT2D eigenvalue weighted by Gasteiger charge is -2.13. The number of ether oxygens (including phenoxy) is 2. The predicted octanol–water partition coefficient (Wildman–Crippen LogP) is 4.81. The maximum Gasteiger partial charge on any atom is 0.323 e. The minimum absolute atomic E-state index is 0.357. The van der Waals surface area contributed by atoms with Crippen molar-refractivity contribution in [2.75, 3.05) is 24.9 Å². The highest BCUT2D eigenvalue weighted by Crippen LogP contribution is 2.33. The first-order chi connectivity index (χ1) is 16.0. The van der Waals surface area contributed by atoms with Crippen molar-refractivity contribution in [3.63, 3.8) is 0 Å². The van der Waals surface area contributed by atoms with E-state index in [2.05, 4.69) is 32.6 Å². The minimum Gasteiger partial charge on any atom is -0.493 e. The quantitative estimate of drug-likeness (QED) is 0.379. The Morgan fingerprint density at radius 1 is 1.03 bits per heavy atom. The van der Waals surface area contributed by atoms with Gasteiger partial charge in [-0.05, 0) is 49.7 Å². The number of carbonyl (C=O) groups is 1. The topological polar surface area (TPSA) is 103 Å². The lowest BCUT2D eigenvalue weighted by atomic mass is 10.2. The molecule has 0 aliphatic carbocycles. The molecule has 2 N–H and O–H groups in total. The number of aryl methyl sites for hydroxylation is 1. The number of urea groups is 1. The van der Waals surface area contributed by atoms with E-state index in [1.807, 2.05) is 31.2 Å². The monoisotopic (exact) mass is 464 g/mol. The van der Waals surface area contributed by atoms with Crippen LogP contribution in [0.1, 0.15) is 18.2 Å². The van der Waals surface area contributed by atoms with Crippen LogP contribution >= 0.6 is 11.8 Å². The standard InChI is InChI=1S/C23H24N6O3S/c1-5-18-14(2)26-22-24-13-25-29(22)21(18)33-17-9-6-15(7-10-17)27-23(30)28-16-8-11-19(31-3)20(12-16)32-4/h6-13H,5H2,1-4H3,(H2,27,28,30). The molecule has 33 heavy (non-hydrogen) atoms. The number of hydrogen-bond acceptors (Lipinski definition) is 7. The smallest absolute Gasteiger partial charge is 0.323 e. The van der Waals surface area contributed by atoms with Gasteiger partial charge in [-0.25, -0.2) is 9.78 Å². The SMILES string of the molecule is CCc1c(C)nc2ncnn2c1Sc1ccc(NC(=O)Nc2ccc(OC)c(OC)c2)cc1. The summed E-state index contributed by atoms with van der Waals surface area (Å²) >= 11 is 1.59. The third-order valence-electron chi connectivity index (χ3n) is 5.01. The van der Waals surface area contributed by atoms with Gasteiger partial charge in [0.2, 0.25) is 0 Å². The molecule has 2 heterocycles. The predicted molar refractivity (Wildman–Crippen MR) is 128 cm³/mol. The summed E-state index contributed by atoms with van der Waals surface area (Å²) in [5, 5.41) is 10.9. The van der Waals surface area contributed by atoms with E-state index in [9.17, 15) is 4.79 Å². The highest BCUT2D eigenvalue weighted by molar-refractivity contribution is 7.99. The molecule has 2 aromatic carbocycles. The molecule has 0 unspecified atom stereocenters. The van der Waals surface area contributed by atoms with E-state index in [-0.39, 0.29) is 6.03 Å². The zero-order chi connectivity index (χ0) is 23.4. The Balaban J connectivity index is 1.46. The van der Waals surface area contributed by atoms with Crippen LogP contribution in [0.3, 0.4) is 0 Å². The number of aromatic nitrogens is 4. The van der Waals surface area contributed by atoms with Crippen LogP contribution in [0.4, 0.5) is 16.2 Å². The van der Waals surface area contributed by atoms with Crippen molar-refractivity contribution in [2.24, 2.45) is 0 Å². The van der Waals surface area contributed by atoms with Crippen LogP contribution in [-0.2, 0) is 6.42 Å². The third-order valence-corrected chi connectivity index (χ3v) is 6.13. The van der Waals surface area contributed by atoms with E-state index in [4.69, 9.17) is 9.47 Å². The summed E-state index contributed by atoms with van der Waals surface area (Å²) < 4.78 is 12.3. The summed E-state index contributed by atoms with van der Waals surface area (Å²) in [7, 11) is 3.11. The maximum absolute atomic E-state index is 12.4. The highest BCUT2D eigenvalue weighted by Gasteiger charge is 2.15. The number of nitrogens with one attached hydrogen (secondary N) is 2. The summed E-state index contributed by atoms with van der Waals surface area (Å²) in [4.78, 5) is 22.2. The van der Waals surface area contributed by atoms with Gasteiger partial charge in [0, 0.05) is 33.6 Å². The van der Waals surface area contributed by atoms with Crippen molar-refractivity contribution < 1.29 is 14.3 Å². The van der Waals surface area contributed by atoms with E-state index in [0.29, 0.717) is 28.7 Å². The number of rotatable bonds is 7. The molecule has 4 aromatic rings.